The van der Waals surface area contributed by atoms with Crippen molar-refractivity contribution in [2.45, 2.75) is 65.9 Å². The maximum atomic E-state index is 6.43. The van der Waals surface area contributed by atoms with E-state index in [-0.39, 0.29) is 16.4 Å². The van der Waals surface area contributed by atoms with Crippen molar-refractivity contribution >= 4 is 0 Å². The first-order valence-electron chi connectivity index (χ1n) is 8.36. The van der Waals surface area contributed by atoms with Gasteiger partial charge in [-0.3, -0.25) is 0 Å². The Kier molecular flexibility index (Phi) is 6.70. The van der Waals surface area contributed by atoms with Gasteiger partial charge in [-0.15, -0.1) is 0 Å². The molecule has 0 unspecified atom stereocenters. The summed E-state index contributed by atoms with van der Waals surface area (Å²) >= 11 is 0. The highest BCUT2D eigenvalue weighted by Crippen LogP contribution is 2.45. The van der Waals surface area contributed by atoms with Crippen molar-refractivity contribution in [3.05, 3.63) is 0 Å². The van der Waals surface area contributed by atoms with Crippen LogP contribution < -0.4 is 0 Å². The normalized spacial score (nSPS) is 17.9. The summed E-state index contributed by atoms with van der Waals surface area (Å²) in [5, 5.41) is 0. The lowest BCUT2D eigenvalue weighted by Gasteiger charge is -2.48. The van der Waals surface area contributed by atoms with Gasteiger partial charge in [0.2, 0.25) is 0 Å². The molecule has 0 atom stereocenters. The average Bonchev–Trinajstić information content (AvgIpc) is 2.33. The first kappa shape index (κ1) is 18.9. The molecule has 1 aliphatic rings. The zero-order chi connectivity index (χ0) is 16.1. The van der Waals surface area contributed by atoms with E-state index in [2.05, 4.69) is 34.6 Å². The molecular weight excluding hydrogens is 264 g/mol. The van der Waals surface area contributed by atoms with Gasteiger partial charge in [0.25, 0.3) is 0 Å². The summed E-state index contributed by atoms with van der Waals surface area (Å²) in [4.78, 5) is 0. The van der Waals surface area contributed by atoms with Crippen LogP contribution in [0.2, 0.25) is 0 Å². The quantitative estimate of drug-likeness (QED) is 0.602. The molecule has 0 aliphatic heterocycles. The summed E-state index contributed by atoms with van der Waals surface area (Å²) in [5.41, 5.74) is -0.0458. The lowest BCUT2D eigenvalue weighted by atomic mass is 9.65. The molecule has 21 heavy (non-hydrogen) atoms. The molecule has 0 aromatic heterocycles. The minimum Gasteiger partial charge on any atom is -0.384 e. The first-order valence-corrected chi connectivity index (χ1v) is 8.36. The molecule has 126 valence electrons. The number of hydrogen-bond acceptors (Lipinski definition) is 3. The van der Waals surface area contributed by atoms with Crippen molar-refractivity contribution in [1.82, 2.24) is 0 Å². The van der Waals surface area contributed by atoms with Gasteiger partial charge in [-0.2, -0.15) is 0 Å². The number of rotatable bonds is 10. The molecule has 0 amide bonds. The second-order valence-corrected chi connectivity index (χ2v) is 7.90. The third kappa shape index (κ3) is 4.20. The maximum Gasteiger partial charge on any atom is 0.0654 e. The van der Waals surface area contributed by atoms with Crippen LogP contribution in [0.15, 0.2) is 0 Å². The Labute approximate surface area is 131 Å². The lowest BCUT2D eigenvalue weighted by Crippen LogP contribution is -2.51. The van der Waals surface area contributed by atoms with Gasteiger partial charge in [-0.1, -0.05) is 33.6 Å². The molecule has 3 nitrogen and oxygen atoms in total. The number of methoxy groups -OCH3 is 2. The fourth-order valence-corrected chi connectivity index (χ4v) is 3.18. The highest BCUT2D eigenvalue weighted by Gasteiger charge is 2.46. The van der Waals surface area contributed by atoms with E-state index in [1.165, 1.54) is 19.3 Å². The average molecular weight is 300 g/mol. The van der Waals surface area contributed by atoms with Gasteiger partial charge in [-0.05, 0) is 38.0 Å². The molecule has 0 radical (unpaired) electrons. The van der Waals surface area contributed by atoms with E-state index < -0.39 is 0 Å². The molecule has 0 spiro atoms. The topological polar surface area (TPSA) is 27.7 Å². The van der Waals surface area contributed by atoms with Gasteiger partial charge < -0.3 is 14.2 Å². The van der Waals surface area contributed by atoms with Gasteiger partial charge in [0.15, 0.2) is 0 Å². The fourth-order valence-electron chi connectivity index (χ4n) is 3.18. The molecule has 0 aromatic rings. The zero-order valence-electron chi connectivity index (χ0n) is 15.3. The highest BCUT2D eigenvalue weighted by molar-refractivity contribution is 4.94. The monoisotopic (exact) mass is 300 g/mol. The summed E-state index contributed by atoms with van der Waals surface area (Å²) in [6.07, 6.45) is 5.02. The van der Waals surface area contributed by atoms with Gasteiger partial charge in [0.1, 0.15) is 0 Å². The molecule has 0 heterocycles. The Morgan fingerprint density at radius 1 is 0.905 bits per heavy atom. The Morgan fingerprint density at radius 3 is 1.76 bits per heavy atom. The minimum absolute atomic E-state index is 0.0468. The predicted molar refractivity (Wildman–Crippen MR) is 87.6 cm³/mol. The van der Waals surface area contributed by atoms with Crippen molar-refractivity contribution in [1.29, 1.82) is 0 Å². The number of ether oxygens (including phenoxy) is 3. The Bertz CT molecular complexity index is 300. The van der Waals surface area contributed by atoms with E-state index in [1.807, 2.05) is 0 Å². The molecule has 0 aromatic carbocycles. The molecule has 0 saturated heterocycles. The molecule has 1 rings (SSSR count). The maximum absolute atomic E-state index is 6.43. The zero-order valence-corrected chi connectivity index (χ0v) is 15.3. The Hall–Kier alpha value is -0.120. The van der Waals surface area contributed by atoms with Gasteiger partial charge in [0.05, 0.1) is 25.4 Å². The summed E-state index contributed by atoms with van der Waals surface area (Å²) in [5.74, 6) is 0.699. The van der Waals surface area contributed by atoms with Crippen LogP contribution in [0.1, 0.15) is 60.3 Å². The number of hydrogen-bond donors (Lipinski definition) is 0. The van der Waals surface area contributed by atoms with E-state index >= 15 is 0 Å². The summed E-state index contributed by atoms with van der Waals surface area (Å²) in [6, 6.07) is 0. The first-order chi connectivity index (χ1) is 9.74. The Balaban J connectivity index is 2.84. The largest absolute Gasteiger partial charge is 0.384 e. The van der Waals surface area contributed by atoms with Crippen molar-refractivity contribution < 1.29 is 14.2 Å². The van der Waals surface area contributed by atoms with Crippen LogP contribution in [-0.2, 0) is 14.2 Å². The molecule has 0 bridgehead atoms. The van der Waals surface area contributed by atoms with Crippen LogP contribution in [0.4, 0.5) is 0 Å². The van der Waals surface area contributed by atoms with E-state index in [0.717, 1.165) is 6.42 Å². The van der Waals surface area contributed by atoms with Gasteiger partial charge in [-0.25, -0.2) is 0 Å². The smallest absolute Gasteiger partial charge is 0.0654 e. The van der Waals surface area contributed by atoms with E-state index in [0.29, 0.717) is 25.7 Å². The summed E-state index contributed by atoms with van der Waals surface area (Å²) < 4.78 is 17.5. The molecule has 3 heteroatoms. The molecule has 1 aliphatic carbocycles. The van der Waals surface area contributed by atoms with Crippen LogP contribution in [0, 0.1) is 16.7 Å². The van der Waals surface area contributed by atoms with Gasteiger partial charge >= 0.3 is 0 Å². The van der Waals surface area contributed by atoms with Crippen LogP contribution >= 0.6 is 0 Å². The summed E-state index contributed by atoms with van der Waals surface area (Å²) in [7, 11) is 3.54. The highest BCUT2D eigenvalue weighted by atomic mass is 16.5. The lowest BCUT2D eigenvalue weighted by molar-refractivity contribution is -0.169. The van der Waals surface area contributed by atoms with Crippen LogP contribution in [0.25, 0.3) is 0 Å². The minimum atomic E-state index is -0.105. The third-order valence-corrected chi connectivity index (χ3v) is 5.97. The molecular formula is C18H36O3. The van der Waals surface area contributed by atoms with Gasteiger partial charge in [0, 0.05) is 19.6 Å². The van der Waals surface area contributed by atoms with Crippen molar-refractivity contribution in [2.75, 3.05) is 34.0 Å². The van der Waals surface area contributed by atoms with Crippen molar-refractivity contribution in [3.63, 3.8) is 0 Å². The summed E-state index contributed by atoms with van der Waals surface area (Å²) in [6.45, 7) is 13.3. The van der Waals surface area contributed by atoms with E-state index in [4.69, 9.17) is 14.2 Å². The fraction of sp³-hybridized carbons (Fsp3) is 1.00. The van der Waals surface area contributed by atoms with Crippen molar-refractivity contribution in [2.24, 2.45) is 16.7 Å². The van der Waals surface area contributed by atoms with Crippen LogP contribution in [-0.4, -0.2) is 39.6 Å². The van der Waals surface area contributed by atoms with Crippen LogP contribution in [0.3, 0.4) is 0 Å². The van der Waals surface area contributed by atoms with Crippen molar-refractivity contribution in [3.8, 4) is 0 Å². The second-order valence-electron chi connectivity index (χ2n) is 7.90. The Morgan fingerprint density at radius 2 is 1.43 bits per heavy atom. The molecule has 1 fully saturated rings. The standard InChI is InChI=1S/C18H36O3/c1-8-16(2,3)18(12-19-6,13-20-7)14-21-17(4,5)15-10-9-11-15/h15H,8-14H2,1-7H3. The third-order valence-electron chi connectivity index (χ3n) is 5.97. The van der Waals surface area contributed by atoms with Crippen LogP contribution in [0.5, 0.6) is 0 Å². The molecule has 0 N–H and O–H groups in total. The predicted octanol–water partition coefficient (Wildman–Crippen LogP) is 4.30. The molecule has 1 saturated carbocycles. The second kappa shape index (κ2) is 7.43. The van der Waals surface area contributed by atoms with E-state index in [9.17, 15) is 0 Å². The van der Waals surface area contributed by atoms with E-state index in [1.54, 1.807) is 14.2 Å². The SMILES string of the molecule is CCC(C)(C)C(COC)(COC)COC(C)(C)C1CCC1.